The summed E-state index contributed by atoms with van der Waals surface area (Å²) in [7, 11) is 5.18. The van der Waals surface area contributed by atoms with Gasteiger partial charge in [-0.05, 0) is 19.3 Å². The number of nitrogens with one attached hydrogen (secondary N) is 3. The summed E-state index contributed by atoms with van der Waals surface area (Å²) in [6, 6.07) is 0. The van der Waals surface area contributed by atoms with Gasteiger partial charge in [0, 0.05) is 41.0 Å². The Bertz CT molecular complexity index is 162. The molecule has 0 radical (unpaired) electrons. The van der Waals surface area contributed by atoms with Gasteiger partial charge < -0.3 is 14.2 Å². The lowest BCUT2D eigenvalue weighted by Crippen LogP contribution is -2.43. The van der Waals surface area contributed by atoms with Crippen LogP contribution in [-0.2, 0) is 14.2 Å². The SMILES string of the molecule is COC1CCNC(OC)CCNC(OC)CCN1. The number of ether oxygens (including phenoxy) is 3. The molecule has 0 saturated carbocycles. The lowest BCUT2D eigenvalue weighted by Gasteiger charge is -2.25. The average Bonchev–Trinajstić information content (AvgIpc) is 2.39. The molecule has 18 heavy (non-hydrogen) atoms. The highest BCUT2D eigenvalue weighted by molar-refractivity contribution is 4.67. The van der Waals surface area contributed by atoms with Gasteiger partial charge in [-0.3, -0.25) is 16.0 Å². The number of hydrogen-bond donors (Lipinski definition) is 3. The summed E-state index contributed by atoms with van der Waals surface area (Å²) in [6.45, 7) is 2.62. The third kappa shape index (κ3) is 6.08. The molecular formula is C12H27N3O3. The number of methoxy groups -OCH3 is 3. The van der Waals surface area contributed by atoms with Crippen molar-refractivity contribution in [3.05, 3.63) is 0 Å². The summed E-state index contributed by atoms with van der Waals surface area (Å²) in [4.78, 5) is 0. The molecule has 1 fully saturated rings. The van der Waals surface area contributed by atoms with Gasteiger partial charge in [0.1, 0.15) is 18.7 Å². The highest BCUT2D eigenvalue weighted by Crippen LogP contribution is 2.00. The van der Waals surface area contributed by atoms with Crippen molar-refractivity contribution in [1.82, 2.24) is 16.0 Å². The molecule has 1 heterocycles. The molecule has 0 spiro atoms. The van der Waals surface area contributed by atoms with E-state index in [1.54, 1.807) is 21.3 Å². The average molecular weight is 261 g/mol. The van der Waals surface area contributed by atoms with E-state index in [4.69, 9.17) is 14.2 Å². The van der Waals surface area contributed by atoms with Gasteiger partial charge in [0.2, 0.25) is 0 Å². The van der Waals surface area contributed by atoms with E-state index in [-0.39, 0.29) is 18.7 Å². The normalized spacial score (nSPS) is 32.5. The number of rotatable bonds is 3. The Labute approximate surface area is 110 Å². The summed E-state index contributed by atoms with van der Waals surface area (Å²) >= 11 is 0. The van der Waals surface area contributed by atoms with Crippen LogP contribution in [0.15, 0.2) is 0 Å². The molecule has 0 aromatic heterocycles. The standard InChI is InChI=1S/C12H27N3O3/c1-16-10-4-7-14-12(18-3)6-9-15-11(17-2)5-8-13-10/h10-15H,4-9H2,1-3H3. The van der Waals surface area contributed by atoms with Crippen LogP contribution in [0.1, 0.15) is 19.3 Å². The van der Waals surface area contributed by atoms with E-state index in [1.165, 1.54) is 0 Å². The smallest absolute Gasteiger partial charge is 0.108 e. The first-order valence-corrected chi connectivity index (χ1v) is 6.58. The van der Waals surface area contributed by atoms with Crippen molar-refractivity contribution >= 4 is 0 Å². The van der Waals surface area contributed by atoms with Gasteiger partial charge in [0.15, 0.2) is 0 Å². The fraction of sp³-hybridized carbons (Fsp3) is 1.00. The molecule has 0 bridgehead atoms. The molecule has 0 aliphatic carbocycles. The molecule has 1 aliphatic heterocycles. The van der Waals surface area contributed by atoms with E-state index in [0.29, 0.717) is 0 Å². The Morgan fingerprint density at radius 3 is 1.11 bits per heavy atom. The van der Waals surface area contributed by atoms with E-state index in [1.807, 2.05) is 0 Å². The van der Waals surface area contributed by atoms with Crippen LogP contribution in [0.2, 0.25) is 0 Å². The topological polar surface area (TPSA) is 63.8 Å². The van der Waals surface area contributed by atoms with Crippen molar-refractivity contribution in [2.75, 3.05) is 41.0 Å². The van der Waals surface area contributed by atoms with E-state index in [9.17, 15) is 0 Å². The summed E-state index contributed by atoms with van der Waals surface area (Å²) in [5, 5.41) is 10.1. The Hall–Kier alpha value is -0.240. The predicted octanol–water partition coefficient (Wildman–Crippen LogP) is -0.143. The van der Waals surface area contributed by atoms with E-state index < -0.39 is 0 Å². The van der Waals surface area contributed by atoms with Gasteiger partial charge in [-0.15, -0.1) is 0 Å². The zero-order valence-corrected chi connectivity index (χ0v) is 11.7. The quantitative estimate of drug-likeness (QED) is 0.657. The third-order valence-electron chi connectivity index (χ3n) is 3.19. The molecule has 1 rings (SSSR count). The molecule has 0 aromatic rings. The van der Waals surface area contributed by atoms with Crippen molar-refractivity contribution < 1.29 is 14.2 Å². The van der Waals surface area contributed by atoms with Crippen molar-refractivity contribution in [2.45, 2.75) is 37.9 Å². The molecule has 3 atom stereocenters. The van der Waals surface area contributed by atoms with Crippen molar-refractivity contribution in [3.63, 3.8) is 0 Å². The van der Waals surface area contributed by atoms with E-state index in [0.717, 1.165) is 38.9 Å². The fourth-order valence-corrected chi connectivity index (χ4v) is 2.04. The fourth-order valence-electron chi connectivity index (χ4n) is 2.04. The van der Waals surface area contributed by atoms with Crippen LogP contribution in [0.25, 0.3) is 0 Å². The Morgan fingerprint density at radius 2 is 0.889 bits per heavy atom. The first-order valence-electron chi connectivity index (χ1n) is 6.58. The van der Waals surface area contributed by atoms with Crippen LogP contribution in [0, 0.1) is 0 Å². The second kappa shape index (κ2) is 9.66. The Morgan fingerprint density at radius 1 is 0.611 bits per heavy atom. The first kappa shape index (κ1) is 15.8. The molecule has 3 unspecified atom stereocenters. The summed E-state index contributed by atoms with van der Waals surface area (Å²) < 4.78 is 16.1. The predicted molar refractivity (Wildman–Crippen MR) is 70.3 cm³/mol. The van der Waals surface area contributed by atoms with Crippen LogP contribution in [0.4, 0.5) is 0 Å². The zero-order chi connectivity index (χ0) is 13.2. The lowest BCUT2D eigenvalue weighted by atomic mass is 10.2. The van der Waals surface area contributed by atoms with Crippen LogP contribution in [0.3, 0.4) is 0 Å². The van der Waals surface area contributed by atoms with Crippen LogP contribution >= 0.6 is 0 Å². The summed E-state index contributed by atoms with van der Waals surface area (Å²) in [6.07, 6.45) is 2.98. The van der Waals surface area contributed by atoms with Crippen molar-refractivity contribution in [1.29, 1.82) is 0 Å². The van der Waals surface area contributed by atoms with Gasteiger partial charge >= 0.3 is 0 Å². The van der Waals surface area contributed by atoms with Gasteiger partial charge in [-0.2, -0.15) is 0 Å². The molecule has 0 amide bonds. The van der Waals surface area contributed by atoms with E-state index in [2.05, 4.69) is 16.0 Å². The highest BCUT2D eigenvalue weighted by Gasteiger charge is 2.14. The third-order valence-corrected chi connectivity index (χ3v) is 3.19. The van der Waals surface area contributed by atoms with Crippen molar-refractivity contribution in [3.8, 4) is 0 Å². The molecule has 0 aromatic carbocycles. The molecule has 3 N–H and O–H groups in total. The molecule has 108 valence electrons. The minimum Gasteiger partial charge on any atom is -0.367 e. The maximum absolute atomic E-state index is 5.38. The minimum atomic E-state index is 0.0759. The monoisotopic (exact) mass is 261 g/mol. The first-order chi connectivity index (χ1) is 8.80. The zero-order valence-electron chi connectivity index (χ0n) is 11.7. The summed E-state index contributed by atoms with van der Waals surface area (Å²) in [5.74, 6) is 0. The Kier molecular flexibility index (Phi) is 8.49. The second-order valence-electron chi connectivity index (χ2n) is 4.40. The van der Waals surface area contributed by atoms with E-state index >= 15 is 0 Å². The van der Waals surface area contributed by atoms with Gasteiger partial charge in [-0.1, -0.05) is 0 Å². The van der Waals surface area contributed by atoms with Gasteiger partial charge in [0.05, 0.1) is 0 Å². The molecule has 6 heteroatoms. The number of hydrogen-bond acceptors (Lipinski definition) is 6. The van der Waals surface area contributed by atoms with Gasteiger partial charge in [0.25, 0.3) is 0 Å². The minimum absolute atomic E-state index is 0.0759. The highest BCUT2D eigenvalue weighted by atomic mass is 16.5. The summed E-state index contributed by atoms with van der Waals surface area (Å²) in [5.41, 5.74) is 0. The largest absolute Gasteiger partial charge is 0.367 e. The van der Waals surface area contributed by atoms with Crippen LogP contribution in [-0.4, -0.2) is 59.6 Å². The van der Waals surface area contributed by atoms with Gasteiger partial charge in [-0.25, -0.2) is 0 Å². The van der Waals surface area contributed by atoms with Crippen molar-refractivity contribution in [2.24, 2.45) is 0 Å². The lowest BCUT2D eigenvalue weighted by molar-refractivity contribution is 0.0236. The molecular weight excluding hydrogens is 234 g/mol. The molecule has 1 aliphatic rings. The molecule has 6 nitrogen and oxygen atoms in total. The van der Waals surface area contributed by atoms with Crippen LogP contribution < -0.4 is 16.0 Å². The van der Waals surface area contributed by atoms with Crippen LogP contribution in [0.5, 0.6) is 0 Å². The second-order valence-corrected chi connectivity index (χ2v) is 4.40. The maximum Gasteiger partial charge on any atom is 0.108 e. The maximum atomic E-state index is 5.38. The molecule has 1 saturated heterocycles. The Balaban J connectivity index is 2.44.